The number of hydrazine groups is 1. The van der Waals surface area contributed by atoms with Crippen molar-refractivity contribution in [2.24, 2.45) is 5.84 Å². The Kier molecular flexibility index (Phi) is 2.38. The first kappa shape index (κ1) is 10.6. The van der Waals surface area contributed by atoms with Crippen LogP contribution in [-0.4, -0.2) is 19.5 Å². The zero-order valence-electron chi connectivity index (χ0n) is 9.21. The average Bonchev–Trinajstić information content (AvgIpc) is 2.83. The van der Waals surface area contributed by atoms with E-state index in [1.807, 2.05) is 24.3 Å². The molecule has 1 aromatic carbocycles. The molecule has 0 radical (unpaired) electrons. The molecule has 0 aliphatic heterocycles. The highest BCUT2D eigenvalue weighted by molar-refractivity contribution is 5.76. The first-order valence-corrected chi connectivity index (χ1v) is 5.21. The van der Waals surface area contributed by atoms with Gasteiger partial charge >= 0.3 is 0 Å². The van der Waals surface area contributed by atoms with Crippen LogP contribution in [0.3, 0.4) is 0 Å². The molecule has 3 rings (SSSR count). The van der Waals surface area contributed by atoms with Crippen LogP contribution in [0.25, 0.3) is 16.9 Å². The Morgan fingerprint density at radius 2 is 2.06 bits per heavy atom. The molecule has 0 saturated carbocycles. The van der Waals surface area contributed by atoms with Crippen molar-refractivity contribution >= 4 is 17.0 Å². The third-order valence-electron chi connectivity index (χ3n) is 2.54. The molecule has 0 bridgehead atoms. The van der Waals surface area contributed by atoms with Gasteiger partial charge in [0.05, 0.1) is 17.2 Å². The fraction of sp³-hybridized carbons (Fsp3) is 0. The first-order chi connectivity index (χ1) is 8.79. The third kappa shape index (κ3) is 1.57. The topological polar surface area (TPSA) is 81.6 Å². The van der Waals surface area contributed by atoms with Crippen molar-refractivity contribution in [3.63, 3.8) is 0 Å². The lowest BCUT2D eigenvalue weighted by molar-refractivity contribution is 0.603. The van der Waals surface area contributed by atoms with Gasteiger partial charge in [-0.05, 0) is 12.1 Å². The van der Waals surface area contributed by atoms with E-state index in [0.29, 0.717) is 0 Å². The van der Waals surface area contributed by atoms with Gasteiger partial charge in [0.15, 0.2) is 11.6 Å². The second-order valence-electron chi connectivity index (χ2n) is 3.61. The minimum absolute atomic E-state index is 0.103. The van der Waals surface area contributed by atoms with Crippen LogP contribution in [0.15, 0.2) is 36.8 Å². The Bertz CT molecular complexity index is 708. The largest absolute Gasteiger partial charge is 0.292 e. The first-order valence-electron chi connectivity index (χ1n) is 5.21. The number of benzene rings is 1. The number of anilines is 1. The van der Waals surface area contributed by atoms with Crippen LogP contribution in [0.2, 0.25) is 0 Å². The number of nitrogen functional groups attached to an aromatic ring is 1. The molecular formula is C11H9FN6. The molecule has 0 saturated heterocycles. The lowest BCUT2D eigenvalue weighted by atomic mass is 10.3. The average molecular weight is 244 g/mol. The van der Waals surface area contributed by atoms with Crippen molar-refractivity contribution < 1.29 is 4.39 Å². The number of para-hydroxylation sites is 2. The maximum absolute atomic E-state index is 13.8. The SMILES string of the molecule is NNc1ncc(F)c(-n2cnc3ccccc32)n1. The molecule has 6 nitrogen and oxygen atoms in total. The number of nitrogens with two attached hydrogens (primary N) is 1. The molecule has 0 amide bonds. The lowest BCUT2D eigenvalue weighted by Gasteiger charge is -2.06. The second-order valence-corrected chi connectivity index (χ2v) is 3.61. The van der Waals surface area contributed by atoms with Gasteiger partial charge in [-0.25, -0.2) is 20.2 Å². The van der Waals surface area contributed by atoms with Gasteiger partial charge in [-0.1, -0.05) is 12.1 Å². The minimum atomic E-state index is -0.544. The number of hydrogen-bond acceptors (Lipinski definition) is 5. The van der Waals surface area contributed by atoms with E-state index in [1.165, 1.54) is 6.33 Å². The molecule has 0 aliphatic rings. The van der Waals surface area contributed by atoms with E-state index < -0.39 is 5.82 Å². The van der Waals surface area contributed by atoms with Crippen LogP contribution < -0.4 is 11.3 Å². The highest BCUT2D eigenvalue weighted by Crippen LogP contribution is 2.18. The zero-order chi connectivity index (χ0) is 12.5. The summed E-state index contributed by atoms with van der Waals surface area (Å²) >= 11 is 0. The Morgan fingerprint density at radius 1 is 1.22 bits per heavy atom. The van der Waals surface area contributed by atoms with E-state index in [-0.39, 0.29) is 11.8 Å². The highest BCUT2D eigenvalue weighted by Gasteiger charge is 2.11. The molecule has 7 heteroatoms. The molecule has 2 aromatic heterocycles. The predicted molar refractivity (Wildman–Crippen MR) is 64.4 cm³/mol. The number of nitrogens with zero attached hydrogens (tertiary/aromatic N) is 4. The smallest absolute Gasteiger partial charge is 0.239 e. The van der Waals surface area contributed by atoms with Gasteiger partial charge in [0.1, 0.15) is 6.33 Å². The number of imidazole rings is 1. The number of halogens is 1. The van der Waals surface area contributed by atoms with E-state index in [4.69, 9.17) is 5.84 Å². The number of hydrogen-bond donors (Lipinski definition) is 2. The van der Waals surface area contributed by atoms with E-state index in [1.54, 1.807) is 4.57 Å². The Hall–Kier alpha value is -2.54. The van der Waals surface area contributed by atoms with E-state index >= 15 is 0 Å². The van der Waals surface area contributed by atoms with Gasteiger partial charge in [0.2, 0.25) is 5.95 Å². The zero-order valence-corrected chi connectivity index (χ0v) is 9.21. The van der Waals surface area contributed by atoms with Crippen molar-refractivity contribution in [2.75, 3.05) is 5.43 Å². The standard InChI is InChI=1S/C11H9FN6/c12-7-5-14-11(17-13)16-10(7)18-6-15-8-3-1-2-4-9(8)18/h1-6H,13H2,(H,14,16,17). The van der Waals surface area contributed by atoms with Gasteiger partial charge in [0.25, 0.3) is 0 Å². The monoisotopic (exact) mass is 244 g/mol. The second kappa shape index (κ2) is 4.04. The fourth-order valence-corrected chi connectivity index (χ4v) is 1.72. The number of nitrogens with one attached hydrogen (secondary N) is 1. The molecule has 0 spiro atoms. The van der Waals surface area contributed by atoms with Crippen LogP contribution in [0.1, 0.15) is 0 Å². The lowest BCUT2D eigenvalue weighted by Crippen LogP contribution is -2.12. The van der Waals surface area contributed by atoms with E-state index in [2.05, 4.69) is 20.4 Å². The molecule has 18 heavy (non-hydrogen) atoms. The summed E-state index contributed by atoms with van der Waals surface area (Å²) in [4.78, 5) is 11.9. The molecule has 0 atom stereocenters. The van der Waals surface area contributed by atoms with Crippen LogP contribution in [0, 0.1) is 5.82 Å². The van der Waals surface area contributed by atoms with Crippen LogP contribution >= 0.6 is 0 Å². The molecule has 0 aliphatic carbocycles. The van der Waals surface area contributed by atoms with Gasteiger partial charge in [-0.3, -0.25) is 9.99 Å². The minimum Gasteiger partial charge on any atom is -0.292 e. The quantitative estimate of drug-likeness (QED) is 0.523. The van der Waals surface area contributed by atoms with Gasteiger partial charge < -0.3 is 0 Å². The molecule has 0 unspecified atom stereocenters. The summed E-state index contributed by atoms with van der Waals surface area (Å²) in [6, 6.07) is 7.39. The third-order valence-corrected chi connectivity index (χ3v) is 2.54. The van der Waals surface area contributed by atoms with E-state index in [0.717, 1.165) is 17.2 Å². The number of fused-ring (bicyclic) bond motifs is 1. The molecule has 0 fully saturated rings. The van der Waals surface area contributed by atoms with Gasteiger partial charge in [-0.15, -0.1) is 0 Å². The van der Waals surface area contributed by atoms with Crippen molar-refractivity contribution in [1.29, 1.82) is 0 Å². The summed E-state index contributed by atoms with van der Waals surface area (Å²) in [6.45, 7) is 0. The summed E-state index contributed by atoms with van der Waals surface area (Å²) in [7, 11) is 0. The summed E-state index contributed by atoms with van der Waals surface area (Å²) in [5.41, 5.74) is 3.81. The Morgan fingerprint density at radius 3 is 2.89 bits per heavy atom. The Labute approximate surface area is 101 Å². The van der Waals surface area contributed by atoms with Crippen molar-refractivity contribution in [3.05, 3.63) is 42.6 Å². The predicted octanol–water partition coefficient (Wildman–Crippen LogP) is 1.24. The summed E-state index contributed by atoms with van der Waals surface area (Å²) in [5, 5.41) is 0. The van der Waals surface area contributed by atoms with Gasteiger partial charge in [-0.2, -0.15) is 4.98 Å². The number of rotatable bonds is 2. The summed E-state index contributed by atoms with van der Waals surface area (Å²) < 4.78 is 15.3. The van der Waals surface area contributed by atoms with Crippen LogP contribution in [0.5, 0.6) is 0 Å². The van der Waals surface area contributed by atoms with Crippen LogP contribution in [-0.2, 0) is 0 Å². The summed E-state index contributed by atoms with van der Waals surface area (Å²) in [5.74, 6) is 4.91. The molecule has 3 N–H and O–H groups in total. The maximum atomic E-state index is 13.8. The normalized spacial score (nSPS) is 10.8. The Balaban J connectivity index is 2.25. The number of aromatic nitrogens is 4. The van der Waals surface area contributed by atoms with Crippen molar-refractivity contribution in [2.45, 2.75) is 0 Å². The highest BCUT2D eigenvalue weighted by atomic mass is 19.1. The molecule has 3 aromatic rings. The van der Waals surface area contributed by atoms with Crippen molar-refractivity contribution in [1.82, 2.24) is 19.5 Å². The van der Waals surface area contributed by atoms with E-state index in [9.17, 15) is 4.39 Å². The van der Waals surface area contributed by atoms with Gasteiger partial charge in [0, 0.05) is 0 Å². The molecule has 2 heterocycles. The van der Waals surface area contributed by atoms with Crippen LogP contribution in [0.4, 0.5) is 10.3 Å². The molecular weight excluding hydrogens is 235 g/mol. The summed E-state index contributed by atoms with van der Waals surface area (Å²) in [6.07, 6.45) is 2.57. The van der Waals surface area contributed by atoms with Crippen molar-refractivity contribution in [3.8, 4) is 5.82 Å². The maximum Gasteiger partial charge on any atom is 0.239 e. The molecule has 90 valence electrons. The fourth-order valence-electron chi connectivity index (χ4n) is 1.72.